The van der Waals surface area contributed by atoms with Crippen LogP contribution in [0.25, 0.3) is 0 Å². The van der Waals surface area contributed by atoms with Gasteiger partial charge in [-0.3, -0.25) is 0 Å². The minimum atomic E-state index is -0.231. The molecule has 0 spiro atoms. The Morgan fingerprint density at radius 1 is 1.10 bits per heavy atom. The zero-order valence-electron chi connectivity index (χ0n) is 11.5. The van der Waals surface area contributed by atoms with Crippen LogP contribution in [0.1, 0.15) is 17.2 Å². The van der Waals surface area contributed by atoms with Crippen molar-refractivity contribution in [3.63, 3.8) is 0 Å². The van der Waals surface area contributed by atoms with Crippen molar-refractivity contribution in [2.75, 3.05) is 13.7 Å². The SMILES string of the molecule is COc1cc(CO)ccc1OC(CN)c1ccccc1. The van der Waals surface area contributed by atoms with Crippen LogP contribution in [0.15, 0.2) is 48.5 Å². The zero-order chi connectivity index (χ0) is 14.4. The molecule has 0 aliphatic carbocycles. The van der Waals surface area contributed by atoms with Crippen LogP contribution >= 0.6 is 0 Å². The number of rotatable bonds is 6. The Balaban J connectivity index is 2.23. The first kappa shape index (κ1) is 14.4. The predicted octanol–water partition coefficient (Wildman–Crippen LogP) is 2.27. The third-order valence-electron chi connectivity index (χ3n) is 3.07. The minimum Gasteiger partial charge on any atom is -0.493 e. The predicted molar refractivity (Wildman–Crippen MR) is 77.8 cm³/mol. The van der Waals surface area contributed by atoms with Crippen LogP contribution in [0.5, 0.6) is 11.5 Å². The van der Waals surface area contributed by atoms with Crippen molar-refractivity contribution in [3.05, 3.63) is 59.7 Å². The minimum absolute atomic E-state index is 0.0321. The molecule has 0 heterocycles. The van der Waals surface area contributed by atoms with E-state index in [2.05, 4.69) is 0 Å². The topological polar surface area (TPSA) is 64.7 Å². The van der Waals surface area contributed by atoms with Crippen LogP contribution in [-0.4, -0.2) is 18.8 Å². The van der Waals surface area contributed by atoms with Crippen LogP contribution in [0.4, 0.5) is 0 Å². The van der Waals surface area contributed by atoms with Gasteiger partial charge >= 0.3 is 0 Å². The molecule has 0 saturated heterocycles. The van der Waals surface area contributed by atoms with Gasteiger partial charge in [-0.15, -0.1) is 0 Å². The van der Waals surface area contributed by atoms with Gasteiger partial charge in [0.1, 0.15) is 6.10 Å². The molecule has 1 atom stereocenters. The van der Waals surface area contributed by atoms with Gasteiger partial charge in [-0.2, -0.15) is 0 Å². The molecule has 1 unspecified atom stereocenters. The summed E-state index contributed by atoms with van der Waals surface area (Å²) in [6.45, 7) is 0.338. The molecule has 0 amide bonds. The van der Waals surface area contributed by atoms with E-state index >= 15 is 0 Å². The highest BCUT2D eigenvalue weighted by atomic mass is 16.5. The van der Waals surface area contributed by atoms with Crippen LogP contribution in [0, 0.1) is 0 Å². The summed E-state index contributed by atoms with van der Waals surface area (Å²) in [4.78, 5) is 0. The third-order valence-corrected chi connectivity index (χ3v) is 3.07. The summed E-state index contributed by atoms with van der Waals surface area (Å²) in [7, 11) is 1.57. The van der Waals surface area contributed by atoms with E-state index in [1.807, 2.05) is 30.3 Å². The molecule has 0 aliphatic heterocycles. The summed E-state index contributed by atoms with van der Waals surface area (Å²) in [5.41, 5.74) is 7.59. The molecule has 4 nitrogen and oxygen atoms in total. The first-order valence-electron chi connectivity index (χ1n) is 6.48. The number of aliphatic hydroxyl groups excluding tert-OH is 1. The van der Waals surface area contributed by atoms with Gasteiger partial charge in [0.15, 0.2) is 11.5 Å². The largest absolute Gasteiger partial charge is 0.493 e. The van der Waals surface area contributed by atoms with Crippen LogP contribution in [-0.2, 0) is 6.61 Å². The molecule has 3 N–H and O–H groups in total. The molecule has 0 fully saturated rings. The molecule has 2 rings (SSSR count). The fourth-order valence-corrected chi connectivity index (χ4v) is 1.98. The summed E-state index contributed by atoms with van der Waals surface area (Å²) in [6.07, 6.45) is -0.231. The molecule has 2 aromatic carbocycles. The molecule has 2 aromatic rings. The molecular weight excluding hydrogens is 254 g/mol. The Morgan fingerprint density at radius 3 is 2.45 bits per heavy atom. The fraction of sp³-hybridized carbons (Fsp3) is 0.250. The summed E-state index contributed by atoms with van der Waals surface area (Å²) >= 11 is 0. The third kappa shape index (κ3) is 3.29. The van der Waals surface area contributed by atoms with Gasteiger partial charge in [0, 0.05) is 6.54 Å². The highest BCUT2D eigenvalue weighted by molar-refractivity contribution is 5.43. The van der Waals surface area contributed by atoms with Gasteiger partial charge in [0.2, 0.25) is 0 Å². The van der Waals surface area contributed by atoms with E-state index in [1.54, 1.807) is 25.3 Å². The monoisotopic (exact) mass is 273 g/mol. The molecule has 0 bridgehead atoms. The number of hydrogen-bond acceptors (Lipinski definition) is 4. The first-order chi connectivity index (χ1) is 9.78. The zero-order valence-corrected chi connectivity index (χ0v) is 11.5. The van der Waals surface area contributed by atoms with Crippen molar-refractivity contribution in [1.82, 2.24) is 0 Å². The van der Waals surface area contributed by atoms with Crippen molar-refractivity contribution in [2.24, 2.45) is 5.73 Å². The highest BCUT2D eigenvalue weighted by Crippen LogP contribution is 2.31. The first-order valence-corrected chi connectivity index (χ1v) is 6.48. The van der Waals surface area contributed by atoms with Crippen LogP contribution < -0.4 is 15.2 Å². The normalized spacial score (nSPS) is 11.9. The fourth-order valence-electron chi connectivity index (χ4n) is 1.98. The van der Waals surface area contributed by atoms with Crippen molar-refractivity contribution in [3.8, 4) is 11.5 Å². The van der Waals surface area contributed by atoms with E-state index in [-0.39, 0.29) is 12.7 Å². The number of nitrogens with two attached hydrogens (primary N) is 1. The average Bonchev–Trinajstić information content (AvgIpc) is 2.53. The van der Waals surface area contributed by atoms with E-state index in [0.717, 1.165) is 11.1 Å². The molecule has 0 radical (unpaired) electrons. The number of methoxy groups -OCH3 is 1. The molecular formula is C16H19NO3. The second-order valence-corrected chi connectivity index (χ2v) is 4.40. The molecule has 0 aromatic heterocycles. The maximum atomic E-state index is 9.14. The maximum Gasteiger partial charge on any atom is 0.162 e. The molecule has 20 heavy (non-hydrogen) atoms. The van der Waals surface area contributed by atoms with Gasteiger partial charge in [0.05, 0.1) is 13.7 Å². The molecule has 0 aliphatic rings. The quantitative estimate of drug-likeness (QED) is 0.847. The van der Waals surface area contributed by atoms with E-state index in [4.69, 9.17) is 20.3 Å². The Hall–Kier alpha value is -2.04. The molecule has 106 valence electrons. The van der Waals surface area contributed by atoms with Crippen LogP contribution in [0.2, 0.25) is 0 Å². The van der Waals surface area contributed by atoms with Crippen molar-refractivity contribution in [1.29, 1.82) is 0 Å². The summed E-state index contributed by atoms with van der Waals surface area (Å²) in [6, 6.07) is 15.2. The average molecular weight is 273 g/mol. The van der Waals surface area contributed by atoms with Gasteiger partial charge in [-0.25, -0.2) is 0 Å². The number of ether oxygens (including phenoxy) is 2. The van der Waals surface area contributed by atoms with Crippen molar-refractivity contribution < 1.29 is 14.6 Å². The summed E-state index contributed by atoms with van der Waals surface area (Å²) < 4.78 is 11.2. The van der Waals surface area contributed by atoms with E-state index in [9.17, 15) is 0 Å². The lowest BCUT2D eigenvalue weighted by atomic mass is 10.1. The lowest BCUT2D eigenvalue weighted by molar-refractivity contribution is 0.204. The van der Waals surface area contributed by atoms with Crippen LogP contribution in [0.3, 0.4) is 0 Å². The van der Waals surface area contributed by atoms with E-state index in [1.165, 1.54) is 0 Å². The Morgan fingerprint density at radius 2 is 1.85 bits per heavy atom. The summed E-state index contributed by atoms with van der Waals surface area (Å²) in [5, 5.41) is 9.14. The van der Waals surface area contributed by atoms with Gasteiger partial charge < -0.3 is 20.3 Å². The number of aliphatic hydroxyl groups is 1. The standard InChI is InChI=1S/C16H19NO3/c1-19-15-9-12(11-18)7-8-14(15)20-16(10-17)13-5-3-2-4-6-13/h2-9,16,18H,10-11,17H2,1H3. The van der Waals surface area contributed by atoms with Gasteiger partial charge in [-0.1, -0.05) is 36.4 Å². The second-order valence-electron chi connectivity index (χ2n) is 4.40. The number of hydrogen-bond donors (Lipinski definition) is 2. The maximum absolute atomic E-state index is 9.14. The molecule has 4 heteroatoms. The lowest BCUT2D eigenvalue weighted by Crippen LogP contribution is -2.18. The Bertz CT molecular complexity index is 543. The van der Waals surface area contributed by atoms with E-state index in [0.29, 0.717) is 18.0 Å². The smallest absolute Gasteiger partial charge is 0.162 e. The molecule has 0 saturated carbocycles. The van der Waals surface area contributed by atoms with Gasteiger partial charge in [-0.05, 0) is 23.3 Å². The highest BCUT2D eigenvalue weighted by Gasteiger charge is 2.14. The Kier molecular flexibility index (Phi) is 4.98. The second kappa shape index (κ2) is 6.93. The number of benzene rings is 2. The lowest BCUT2D eigenvalue weighted by Gasteiger charge is -2.19. The van der Waals surface area contributed by atoms with Crippen molar-refractivity contribution in [2.45, 2.75) is 12.7 Å². The van der Waals surface area contributed by atoms with Gasteiger partial charge in [0.25, 0.3) is 0 Å². The van der Waals surface area contributed by atoms with E-state index < -0.39 is 0 Å². The summed E-state index contributed by atoms with van der Waals surface area (Å²) in [5.74, 6) is 1.20. The Labute approximate surface area is 118 Å². The van der Waals surface area contributed by atoms with Crippen molar-refractivity contribution >= 4 is 0 Å².